The molecule has 4 aliphatic carbocycles. The molecule has 3 saturated carbocycles. The number of aliphatic hydroxyl groups is 6. The molecule has 11 aliphatic rings. The van der Waals surface area contributed by atoms with Gasteiger partial charge in [-0.1, -0.05) is 44.9 Å². The Balaban J connectivity index is 0.635. The SMILES string of the molecule is COC1CC(OC2CCC3(C)C(=CCC4(O)C3CC(OC(=O)C=C(C)C(C)C)C3(C)C(C(C)=O)CCC43O)C2)OC(C)C1OC1CC(OC)C(OC2CC(OC)C(OC3CC(OC)C(OC4CC(OC)C(OC5CC(OC)C(OC6OC(CO)C(O)C(O)C6O)C(C)O5)C(C)O4)C(C)O3)C(C)O2)C(C)O1. The van der Waals surface area contributed by atoms with E-state index >= 15 is 0 Å². The van der Waals surface area contributed by atoms with Gasteiger partial charge in [-0.3, -0.25) is 4.79 Å². The van der Waals surface area contributed by atoms with Crippen LogP contribution in [0.25, 0.3) is 0 Å². The van der Waals surface area contributed by atoms with Gasteiger partial charge in [-0.15, -0.1) is 0 Å². The van der Waals surface area contributed by atoms with Gasteiger partial charge in [0.25, 0.3) is 0 Å². The third kappa shape index (κ3) is 16.7. The third-order valence-corrected chi connectivity index (χ3v) is 26.0. The fourth-order valence-electron chi connectivity index (χ4n) is 19.6. The number of ether oxygens (including phenoxy) is 21. The average molecular weight is 1500 g/mol. The van der Waals surface area contributed by atoms with E-state index in [0.717, 1.165) is 11.1 Å². The van der Waals surface area contributed by atoms with E-state index in [1.54, 1.807) is 42.5 Å². The quantitative estimate of drug-likeness (QED) is 0.0402. The molecule has 105 heavy (non-hydrogen) atoms. The van der Waals surface area contributed by atoms with Gasteiger partial charge in [-0.05, 0) is 112 Å². The van der Waals surface area contributed by atoms with E-state index in [0.29, 0.717) is 64.2 Å². The number of methoxy groups -OCH3 is 6. The highest BCUT2D eigenvalue weighted by Crippen LogP contribution is 2.70. The predicted octanol–water partition coefficient (Wildman–Crippen LogP) is 4.90. The van der Waals surface area contributed by atoms with Gasteiger partial charge in [0.1, 0.15) is 84.1 Å². The first-order chi connectivity index (χ1) is 49.8. The Bertz CT molecular complexity index is 2920. The Labute approximate surface area is 618 Å². The average Bonchev–Trinajstić information content (AvgIpc) is 1.63. The maximum Gasteiger partial charge on any atom is 0.330 e. The maximum absolute atomic E-state index is 13.6. The molecule has 29 heteroatoms. The van der Waals surface area contributed by atoms with Crippen LogP contribution in [0.15, 0.2) is 23.3 Å². The van der Waals surface area contributed by atoms with Crippen LogP contribution in [0.3, 0.4) is 0 Å². The number of hydrogen-bond donors (Lipinski definition) is 6. The number of aliphatic hydroxyl groups excluding tert-OH is 4. The van der Waals surface area contributed by atoms with Crippen molar-refractivity contribution in [2.45, 2.75) is 368 Å². The minimum atomic E-state index is -1.69. The smallest absolute Gasteiger partial charge is 0.330 e. The normalized spacial score (nSPS) is 49.8. The highest BCUT2D eigenvalue weighted by atomic mass is 16.8. The summed E-state index contributed by atoms with van der Waals surface area (Å²) in [6.45, 7) is 22.2. The van der Waals surface area contributed by atoms with Crippen molar-refractivity contribution in [3.63, 3.8) is 0 Å². The highest BCUT2D eigenvalue weighted by Gasteiger charge is 2.77. The Kier molecular flexibility index (Phi) is 27.4. The Hall–Kier alpha value is -2.42. The summed E-state index contributed by atoms with van der Waals surface area (Å²) in [5, 5.41) is 67.1. The minimum absolute atomic E-state index is 0.0863. The van der Waals surface area contributed by atoms with Crippen LogP contribution in [-0.2, 0) is 109 Å². The second-order valence-corrected chi connectivity index (χ2v) is 32.4. The summed E-state index contributed by atoms with van der Waals surface area (Å²) < 4.78 is 134. The fourth-order valence-corrected chi connectivity index (χ4v) is 19.6. The largest absolute Gasteiger partial charge is 0.458 e. The van der Waals surface area contributed by atoms with E-state index in [9.17, 15) is 40.2 Å². The number of fused-ring (bicyclic) bond motifs is 5. The zero-order chi connectivity index (χ0) is 76.1. The van der Waals surface area contributed by atoms with Gasteiger partial charge < -0.3 is 130 Å². The summed E-state index contributed by atoms with van der Waals surface area (Å²) in [7, 11) is 9.66. The van der Waals surface area contributed by atoms with Gasteiger partial charge in [0.2, 0.25) is 0 Å². The van der Waals surface area contributed by atoms with E-state index in [1.165, 1.54) is 20.1 Å². The summed E-state index contributed by atoms with van der Waals surface area (Å²) in [4.78, 5) is 27.0. The van der Waals surface area contributed by atoms with E-state index in [2.05, 4.69) is 13.0 Å². The molecule has 0 amide bonds. The summed E-state index contributed by atoms with van der Waals surface area (Å²) in [5.41, 5.74) is -3.00. The third-order valence-electron chi connectivity index (χ3n) is 26.0. The number of carbonyl (C=O) groups excluding carboxylic acids is 2. The lowest BCUT2D eigenvalue weighted by Crippen LogP contribution is -2.75. The molecule has 37 atom stereocenters. The molecule has 0 spiro atoms. The van der Waals surface area contributed by atoms with Crippen molar-refractivity contribution in [3.05, 3.63) is 23.3 Å². The van der Waals surface area contributed by atoms with Gasteiger partial charge in [0.05, 0.1) is 86.0 Å². The Morgan fingerprint density at radius 1 is 0.524 bits per heavy atom. The number of carbonyl (C=O) groups is 2. The Morgan fingerprint density at radius 2 is 0.905 bits per heavy atom. The van der Waals surface area contributed by atoms with Crippen molar-refractivity contribution in [1.82, 2.24) is 0 Å². The van der Waals surface area contributed by atoms with E-state index < -0.39 is 231 Å². The van der Waals surface area contributed by atoms with Crippen LogP contribution in [0.5, 0.6) is 0 Å². The van der Waals surface area contributed by atoms with Crippen molar-refractivity contribution >= 4 is 11.8 Å². The molecule has 7 saturated heterocycles. The molecule has 0 aromatic rings. The summed E-state index contributed by atoms with van der Waals surface area (Å²) in [6.07, 6.45) is -13.6. The van der Waals surface area contributed by atoms with Crippen molar-refractivity contribution in [1.29, 1.82) is 0 Å². The minimum Gasteiger partial charge on any atom is -0.458 e. The van der Waals surface area contributed by atoms with E-state index in [4.69, 9.17) is 99.5 Å². The molecule has 29 nitrogen and oxygen atoms in total. The number of Topliss-reactive ketones (excluding diaryl/α,β-unsaturated/α-hetero) is 1. The maximum atomic E-state index is 13.6. The second-order valence-electron chi connectivity index (χ2n) is 32.4. The van der Waals surface area contributed by atoms with Crippen molar-refractivity contribution in [3.8, 4) is 0 Å². The number of rotatable bonds is 25. The first-order valence-corrected chi connectivity index (χ1v) is 38.3. The zero-order valence-corrected chi connectivity index (χ0v) is 64.8. The molecule has 0 aromatic heterocycles. The van der Waals surface area contributed by atoms with Crippen LogP contribution in [0.4, 0.5) is 0 Å². The number of ketones is 1. The summed E-state index contributed by atoms with van der Waals surface area (Å²) in [6, 6.07) is 0. The molecule has 7 aliphatic heterocycles. The number of esters is 1. The topological polar surface area (TPSA) is 349 Å². The number of hydrogen-bond acceptors (Lipinski definition) is 29. The molecule has 7 heterocycles. The van der Waals surface area contributed by atoms with E-state index in [-0.39, 0.29) is 37.1 Å². The molecule has 6 N–H and O–H groups in total. The molecule has 10 fully saturated rings. The number of allylic oxidation sites excluding steroid dienone is 1. The lowest BCUT2D eigenvalue weighted by atomic mass is 9.43. The standard InChI is InChI=1S/C76H124O29/c1-35(2)36(3)25-56(79)99-55-33-54-73(11)22-20-45(26-44(73)19-23-75(54,83)76(84)24-21-46(37(4)78)74(55,76)12)97-57-27-47(85-13)66(38(5)91-57)100-58-28-48(86-14)67(39(6)92-58)101-59-29-49(87-15)68(40(7)93-59)102-60-30-50(88-16)69(41(8)94-60)103-61-31-51(89-17)70(42(9)95-61)104-62-32-52(90-18)71(43(10)96-62)105-72-65(82)64(81)63(80)53(34-77)98-72/h19,25,35,38-43,45-55,57-72,77,80-84H,20-24,26-34H2,1-18H3. The summed E-state index contributed by atoms with van der Waals surface area (Å²) >= 11 is 0. The highest BCUT2D eigenvalue weighted by molar-refractivity contribution is 5.83. The second kappa shape index (κ2) is 34.5. The van der Waals surface area contributed by atoms with Crippen LogP contribution >= 0.6 is 0 Å². The predicted molar refractivity (Wildman–Crippen MR) is 369 cm³/mol. The van der Waals surface area contributed by atoms with Crippen molar-refractivity contribution in [2.24, 2.45) is 28.6 Å². The molecule has 37 unspecified atom stereocenters. The lowest BCUT2D eigenvalue weighted by molar-refractivity contribution is -0.360. The van der Waals surface area contributed by atoms with Crippen LogP contribution in [0.1, 0.15) is 167 Å². The zero-order valence-electron chi connectivity index (χ0n) is 64.8. The molecular formula is C76H124O29. The van der Waals surface area contributed by atoms with E-state index in [1.807, 2.05) is 62.3 Å². The molecule has 602 valence electrons. The van der Waals surface area contributed by atoms with Crippen LogP contribution in [0, 0.1) is 28.6 Å². The van der Waals surface area contributed by atoms with Crippen LogP contribution < -0.4 is 0 Å². The van der Waals surface area contributed by atoms with Gasteiger partial charge in [0.15, 0.2) is 44.0 Å². The van der Waals surface area contributed by atoms with Gasteiger partial charge in [-0.2, -0.15) is 0 Å². The van der Waals surface area contributed by atoms with Crippen molar-refractivity contribution in [2.75, 3.05) is 49.3 Å². The molecular weight excluding hydrogens is 1380 g/mol. The molecule has 11 rings (SSSR count). The fraction of sp³-hybridized carbons (Fsp3) is 0.921. The molecule has 0 bridgehead atoms. The first-order valence-electron chi connectivity index (χ1n) is 38.3. The monoisotopic (exact) mass is 1500 g/mol. The van der Waals surface area contributed by atoms with Crippen LogP contribution in [0.2, 0.25) is 0 Å². The lowest BCUT2D eigenvalue weighted by Gasteiger charge is -2.66. The van der Waals surface area contributed by atoms with Crippen molar-refractivity contribution < 1.29 is 140 Å². The summed E-state index contributed by atoms with van der Waals surface area (Å²) in [5.74, 6) is -1.51. The van der Waals surface area contributed by atoms with Crippen LogP contribution in [-0.4, -0.2) is 293 Å². The Morgan fingerprint density at radius 3 is 1.27 bits per heavy atom. The van der Waals surface area contributed by atoms with Gasteiger partial charge in [-0.25, -0.2) is 4.79 Å². The van der Waals surface area contributed by atoms with Gasteiger partial charge in [0, 0.05) is 105 Å². The molecule has 0 radical (unpaired) electrons. The molecule has 0 aromatic carbocycles. The van der Waals surface area contributed by atoms with Gasteiger partial charge >= 0.3 is 5.97 Å². The first kappa shape index (κ1) is 83.5.